The van der Waals surface area contributed by atoms with Crippen molar-refractivity contribution in [3.8, 4) is 0 Å². The lowest BCUT2D eigenvalue weighted by molar-refractivity contribution is 0.579. The van der Waals surface area contributed by atoms with E-state index < -0.39 is 5.56 Å². The first-order valence-corrected chi connectivity index (χ1v) is 7.14. The Morgan fingerprint density at radius 2 is 1.91 bits per heavy atom. The van der Waals surface area contributed by atoms with Gasteiger partial charge in [-0.25, -0.2) is 4.79 Å². The van der Waals surface area contributed by atoms with Crippen LogP contribution in [0.1, 0.15) is 18.9 Å². The van der Waals surface area contributed by atoms with Crippen molar-refractivity contribution < 1.29 is 0 Å². The van der Waals surface area contributed by atoms with E-state index in [4.69, 9.17) is 5.73 Å². The molecule has 0 aliphatic rings. The molecule has 0 saturated heterocycles. The highest BCUT2D eigenvalue weighted by molar-refractivity contribution is 5.85. The SMILES string of the molecule is CCCn1c(=O)c2c(N)[nH]nc2n(Cc2ccccc2)c1=O. The molecule has 7 nitrogen and oxygen atoms in total. The van der Waals surface area contributed by atoms with Crippen LogP contribution in [0.4, 0.5) is 5.82 Å². The summed E-state index contributed by atoms with van der Waals surface area (Å²) in [5.41, 5.74) is 6.30. The van der Waals surface area contributed by atoms with Crippen LogP contribution in [0.25, 0.3) is 11.0 Å². The Morgan fingerprint density at radius 3 is 2.59 bits per heavy atom. The molecule has 0 aliphatic carbocycles. The molecule has 0 aliphatic heterocycles. The van der Waals surface area contributed by atoms with E-state index in [-0.39, 0.29) is 16.9 Å². The van der Waals surface area contributed by atoms with Crippen LogP contribution in [0.15, 0.2) is 39.9 Å². The quantitative estimate of drug-likeness (QED) is 0.748. The lowest BCUT2D eigenvalue weighted by Gasteiger charge is -2.10. The van der Waals surface area contributed by atoms with Crippen LogP contribution in [0.5, 0.6) is 0 Å². The van der Waals surface area contributed by atoms with Crippen molar-refractivity contribution in [3.05, 3.63) is 56.7 Å². The van der Waals surface area contributed by atoms with E-state index in [2.05, 4.69) is 10.2 Å². The standard InChI is InChI=1S/C15H17N5O2/c1-2-8-19-14(21)11-12(16)17-18-13(11)20(15(19)22)9-10-6-4-3-5-7-10/h3-7H,2,8-9H2,1H3,(H3,16,17,18). The normalized spacial score (nSPS) is 11.1. The molecule has 114 valence electrons. The lowest BCUT2D eigenvalue weighted by atomic mass is 10.2. The molecule has 0 fully saturated rings. The van der Waals surface area contributed by atoms with Gasteiger partial charge >= 0.3 is 5.69 Å². The molecular formula is C15H17N5O2. The number of benzene rings is 1. The second kappa shape index (κ2) is 5.51. The van der Waals surface area contributed by atoms with E-state index in [1.54, 1.807) is 0 Å². The second-order valence-corrected chi connectivity index (χ2v) is 5.15. The Morgan fingerprint density at radius 1 is 1.18 bits per heavy atom. The molecule has 0 amide bonds. The zero-order valence-electron chi connectivity index (χ0n) is 12.2. The smallest absolute Gasteiger partial charge is 0.333 e. The van der Waals surface area contributed by atoms with Crippen molar-refractivity contribution in [1.82, 2.24) is 19.3 Å². The molecule has 0 radical (unpaired) electrons. The zero-order valence-corrected chi connectivity index (χ0v) is 12.2. The number of H-pyrrole nitrogens is 1. The molecule has 3 rings (SSSR count). The number of nitrogen functional groups attached to an aromatic ring is 1. The van der Waals surface area contributed by atoms with Crippen LogP contribution in [0, 0.1) is 0 Å². The summed E-state index contributed by atoms with van der Waals surface area (Å²) in [6.07, 6.45) is 0.684. The Bertz CT molecular complexity index is 921. The fourth-order valence-corrected chi connectivity index (χ4v) is 2.54. The molecule has 0 saturated carbocycles. The van der Waals surface area contributed by atoms with Crippen molar-refractivity contribution in [3.63, 3.8) is 0 Å². The molecule has 0 atom stereocenters. The molecule has 22 heavy (non-hydrogen) atoms. The van der Waals surface area contributed by atoms with Crippen molar-refractivity contribution >= 4 is 16.9 Å². The number of fused-ring (bicyclic) bond motifs is 1. The van der Waals surface area contributed by atoms with E-state index in [1.807, 2.05) is 37.3 Å². The van der Waals surface area contributed by atoms with Crippen molar-refractivity contribution in [2.24, 2.45) is 0 Å². The van der Waals surface area contributed by atoms with E-state index in [0.717, 1.165) is 5.56 Å². The average molecular weight is 299 g/mol. The largest absolute Gasteiger partial charge is 0.383 e. The molecule has 7 heteroatoms. The molecule has 3 N–H and O–H groups in total. The highest BCUT2D eigenvalue weighted by atomic mass is 16.2. The number of hydrogen-bond acceptors (Lipinski definition) is 4. The first-order chi connectivity index (χ1) is 10.6. The van der Waals surface area contributed by atoms with Gasteiger partial charge in [0.15, 0.2) is 5.65 Å². The van der Waals surface area contributed by atoms with Gasteiger partial charge in [0.1, 0.15) is 11.2 Å². The third kappa shape index (κ3) is 2.20. The number of rotatable bonds is 4. The summed E-state index contributed by atoms with van der Waals surface area (Å²) in [6.45, 7) is 2.60. The second-order valence-electron chi connectivity index (χ2n) is 5.15. The van der Waals surface area contributed by atoms with Gasteiger partial charge in [-0.1, -0.05) is 37.3 Å². The maximum absolute atomic E-state index is 12.6. The van der Waals surface area contributed by atoms with Gasteiger partial charge in [0.05, 0.1) is 6.54 Å². The molecule has 0 unspecified atom stereocenters. The molecule has 0 spiro atoms. The van der Waals surface area contributed by atoms with Crippen LogP contribution < -0.4 is 17.0 Å². The molecule has 2 aromatic heterocycles. The van der Waals surface area contributed by atoms with Crippen LogP contribution >= 0.6 is 0 Å². The van der Waals surface area contributed by atoms with Gasteiger partial charge in [-0.05, 0) is 12.0 Å². The fourth-order valence-electron chi connectivity index (χ4n) is 2.54. The van der Waals surface area contributed by atoms with E-state index >= 15 is 0 Å². The summed E-state index contributed by atoms with van der Waals surface area (Å²) < 4.78 is 2.70. The highest BCUT2D eigenvalue weighted by Crippen LogP contribution is 2.13. The first-order valence-electron chi connectivity index (χ1n) is 7.14. The van der Waals surface area contributed by atoms with Crippen molar-refractivity contribution in [2.75, 3.05) is 5.73 Å². The number of nitrogens with two attached hydrogens (primary N) is 1. The van der Waals surface area contributed by atoms with Crippen LogP contribution in [-0.2, 0) is 13.1 Å². The zero-order chi connectivity index (χ0) is 15.7. The van der Waals surface area contributed by atoms with Crippen molar-refractivity contribution in [2.45, 2.75) is 26.4 Å². The minimum Gasteiger partial charge on any atom is -0.383 e. The van der Waals surface area contributed by atoms with Gasteiger partial charge < -0.3 is 5.73 Å². The van der Waals surface area contributed by atoms with E-state index in [1.165, 1.54) is 9.13 Å². The predicted octanol–water partition coefficient (Wildman–Crippen LogP) is 0.927. The van der Waals surface area contributed by atoms with E-state index in [0.29, 0.717) is 25.2 Å². The minimum atomic E-state index is -0.391. The lowest BCUT2D eigenvalue weighted by Crippen LogP contribution is -2.40. The van der Waals surface area contributed by atoms with E-state index in [9.17, 15) is 9.59 Å². The van der Waals surface area contributed by atoms with Gasteiger partial charge in [0, 0.05) is 6.54 Å². The minimum absolute atomic E-state index is 0.187. The highest BCUT2D eigenvalue weighted by Gasteiger charge is 2.17. The number of aromatic nitrogens is 4. The molecule has 3 aromatic rings. The van der Waals surface area contributed by atoms with Crippen LogP contribution in [-0.4, -0.2) is 19.3 Å². The number of hydrogen-bond donors (Lipinski definition) is 2. The Hall–Kier alpha value is -2.83. The number of anilines is 1. The van der Waals surface area contributed by atoms with Crippen LogP contribution in [0.2, 0.25) is 0 Å². The molecule has 2 heterocycles. The van der Waals surface area contributed by atoms with Gasteiger partial charge in [0.25, 0.3) is 5.56 Å². The maximum atomic E-state index is 12.6. The third-order valence-electron chi connectivity index (χ3n) is 3.58. The Balaban J connectivity index is 2.29. The summed E-state index contributed by atoms with van der Waals surface area (Å²) in [7, 11) is 0. The number of nitrogens with zero attached hydrogens (tertiary/aromatic N) is 3. The maximum Gasteiger partial charge on any atom is 0.333 e. The van der Waals surface area contributed by atoms with Gasteiger partial charge in [-0.2, -0.15) is 5.10 Å². The molecular weight excluding hydrogens is 282 g/mol. The summed E-state index contributed by atoms with van der Waals surface area (Å²) in [6, 6.07) is 9.55. The fraction of sp³-hybridized carbons (Fsp3) is 0.267. The van der Waals surface area contributed by atoms with Gasteiger partial charge in [-0.15, -0.1) is 0 Å². The number of nitrogens with one attached hydrogen (secondary N) is 1. The number of aromatic amines is 1. The predicted molar refractivity (Wildman–Crippen MR) is 84.9 cm³/mol. The summed E-state index contributed by atoms with van der Waals surface area (Å²) >= 11 is 0. The topological polar surface area (TPSA) is 98.7 Å². The summed E-state index contributed by atoms with van der Waals surface area (Å²) in [4.78, 5) is 25.1. The third-order valence-corrected chi connectivity index (χ3v) is 3.58. The average Bonchev–Trinajstić information content (AvgIpc) is 2.91. The van der Waals surface area contributed by atoms with Gasteiger partial charge in [-0.3, -0.25) is 19.0 Å². The monoisotopic (exact) mass is 299 g/mol. The summed E-state index contributed by atoms with van der Waals surface area (Å²) in [5.74, 6) is 0.187. The molecule has 1 aromatic carbocycles. The Kier molecular flexibility index (Phi) is 3.54. The van der Waals surface area contributed by atoms with Crippen molar-refractivity contribution in [1.29, 1.82) is 0 Å². The summed E-state index contributed by atoms with van der Waals surface area (Å²) in [5, 5.41) is 6.90. The Labute approximate surface area is 126 Å². The van der Waals surface area contributed by atoms with Crippen LogP contribution in [0.3, 0.4) is 0 Å². The van der Waals surface area contributed by atoms with Gasteiger partial charge in [0.2, 0.25) is 0 Å². The molecule has 0 bridgehead atoms. The first kappa shape index (κ1) is 14.1.